The quantitative estimate of drug-likeness (QED) is 0.790. The molecule has 1 fully saturated rings. The van der Waals surface area contributed by atoms with Gasteiger partial charge in [0.1, 0.15) is 6.54 Å². The summed E-state index contributed by atoms with van der Waals surface area (Å²) in [6, 6.07) is 5.55. The van der Waals surface area contributed by atoms with Crippen LogP contribution in [0.15, 0.2) is 18.2 Å². The van der Waals surface area contributed by atoms with E-state index in [0.717, 1.165) is 32.0 Å². The van der Waals surface area contributed by atoms with E-state index in [2.05, 4.69) is 19.2 Å². The van der Waals surface area contributed by atoms with E-state index >= 15 is 0 Å². The maximum absolute atomic E-state index is 9.58. The summed E-state index contributed by atoms with van der Waals surface area (Å²) in [5, 5.41) is 11.9. The van der Waals surface area contributed by atoms with Crippen LogP contribution in [0.2, 0.25) is 0 Å². The average Bonchev–Trinajstić information content (AvgIpc) is 2.44. The molecule has 0 aromatic heterocycles. The third-order valence-electron chi connectivity index (χ3n) is 4.20. The number of methoxy groups -OCH3 is 1. The van der Waals surface area contributed by atoms with Gasteiger partial charge >= 0.3 is 0 Å². The summed E-state index contributed by atoms with van der Waals surface area (Å²) in [6.45, 7) is 7.32. The van der Waals surface area contributed by atoms with Crippen molar-refractivity contribution < 1.29 is 19.9 Å². The van der Waals surface area contributed by atoms with Gasteiger partial charge in [0.25, 0.3) is 0 Å². The van der Waals surface area contributed by atoms with Gasteiger partial charge in [0.05, 0.1) is 19.3 Å². The minimum absolute atomic E-state index is 0.0488. The summed E-state index contributed by atoms with van der Waals surface area (Å²) in [6.07, 6.45) is 3.58. The largest absolute Gasteiger partial charge is 0.504 e. The van der Waals surface area contributed by atoms with Gasteiger partial charge in [0, 0.05) is 12.2 Å². The number of rotatable bonds is 6. The van der Waals surface area contributed by atoms with Crippen molar-refractivity contribution in [3.05, 3.63) is 23.8 Å². The topological polar surface area (TPSA) is 55.3 Å². The Kier molecular flexibility index (Phi) is 5.48. The molecule has 1 heterocycles. The highest BCUT2D eigenvalue weighted by atomic mass is 16.5. The summed E-state index contributed by atoms with van der Waals surface area (Å²) >= 11 is 0. The smallest absolute Gasteiger partial charge is 0.160 e. The number of benzene rings is 1. The zero-order chi connectivity index (χ0) is 15.3. The number of phenols is 1. The lowest BCUT2D eigenvalue weighted by Crippen LogP contribution is -2.82. The first-order chi connectivity index (χ1) is 10.00. The van der Waals surface area contributed by atoms with Crippen molar-refractivity contribution in [3.63, 3.8) is 0 Å². The van der Waals surface area contributed by atoms with E-state index in [4.69, 9.17) is 9.47 Å². The highest BCUT2D eigenvalue weighted by molar-refractivity contribution is 5.41. The summed E-state index contributed by atoms with van der Waals surface area (Å²) in [5.74, 6) is 1.53. The second-order valence-electron chi connectivity index (χ2n) is 6.54. The highest BCUT2D eigenvalue weighted by Crippen LogP contribution is 2.30. The molecule has 0 amide bonds. The molecule has 1 aromatic carbocycles. The molecule has 0 aliphatic carbocycles. The molecule has 21 heavy (non-hydrogen) atoms. The van der Waals surface area contributed by atoms with Gasteiger partial charge in [-0.25, -0.2) is 0 Å². The van der Waals surface area contributed by atoms with Gasteiger partial charge in [-0.05, 0) is 57.2 Å². The first-order valence-electron chi connectivity index (χ1n) is 7.82. The molecule has 4 nitrogen and oxygen atoms in total. The number of hydrogen-bond acceptors (Lipinski definition) is 3. The van der Waals surface area contributed by atoms with Gasteiger partial charge in [-0.2, -0.15) is 0 Å². The lowest BCUT2D eigenvalue weighted by Gasteiger charge is -2.35. The number of aromatic hydroxyl groups is 1. The van der Waals surface area contributed by atoms with Crippen LogP contribution in [0.4, 0.5) is 0 Å². The van der Waals surface area contributed by atoms with Crippen molar-refractivity contribution in [1.29, 1.82) is 0 Å². The molecular formula is C17H28NO3+. The van der Waals surface area contributed by atoms with Crippen LogP contribution in [0.3, 0.4) is 0 Å². The summed E-state index contributed by atoms with van der Waals surface area (Å²) in [5.41, 5.74) is 1.23. The Morgan fingerprint density at radius 3 is 2.95 bits per heavy atom. The first-order valence-corrected chi connectivity index (χ1v) is 7.82. The molecule has 0 spiro atoms. The minimum Gasteiger partial charge on any atom is -0.504 e. The fourth-order valence-electron chi connectivity index (χ4n) is 3.08. The van der Waals surface area contributed by atoms with E-state index in [1.165, 1.54) is 18.4 Å². The van der Waals surface area contributed by atoms with Gasteiger partial charge in [0.15, 0.2) is 11.5 Å². The van der Waals surface area contributed by atoms with Crippen molar-refractivity contribution in [1.82, 2.24) is 0 Å². The molecule has 0 unspecified atom stereocenters. The van der Waals surface area contributed by atoms with Crippen molar-refractivity contribution in [2.75, 3.05) is 20.3 Å². The van der Waals surface area contributed by atoms with E-state index in [1.807, 2.05) is 12.1 Å². The normalized spacial score (nSPS) is 21.2. The number of nitrogens with two attached hydrogens (primary N) is 1. The van der Waals surface area contributed by atoms with Crippen LogP contribution in [0.1, 0.15) is 38.7 Å². The van der Waals surface area contributed by atoms with Crippen LogP contribution >= 0.6 is 0 Å². The Labute approximate surface area is 127 Å². The molecule has 3 N–H and O–H groups in total. The monoisotopic (exact) mass is 294 g/mol. The van der Waals surface area contributed by atoms with Crippen LogP contribution in [0.25, 0.3) is 0 Å². The second kappa shape index (κ2) is 7.14. The zero-order valence-electron chi connectivity index (χ0n) is 13.4. The maximum Gasteiger partial charge on any atom is 0.160 e. The molecule has 118 valence electrons. The number of quaternary nitrogens is 1. The van der Waals surface area contributed by atoms with Crippen LogP contribution in [-0.2, 0) is 11.3 Å². The van der Waals surface area contributed by atoms with E-state index in [-0.39, 0.29) is 11.4 Å². The number of phenolic OH excluding ortho intramolecular Hbond substituents is 1. The van der Waals surface area contributed by atoms with E-state index in [1.54, 1.807) is 13.2 Å². The molecule has 0 bridgehead atoms. The molecule has 1 atom stereocenters. The van der Waals surface area contributed by atoms with Crippen molar-refractivity contribution >= 4 is 0 Å². The molecule has 0 saturated carbocycles. The van der Waals surface area contributed by atoms with E-state index < -0.39 is 0 Å². The predicted molar refractivity (Wildman–Crippen MR) is 82.5 cm³/mol. The van der Waals surface area contributed by atoms with Gasteiger partial charge in [0.2, 0.25) is 0 Å². The molecule has 1 aromatic rings. The Bertz CT molecular complexity index is 459. The van der Waals surface area contributed by atoms with Crippen LogP contribution in [0, 0.1) is 5.92 Å². The van der Waals surface area contributed by atoms with E-state index in [9.17, 15) is 5.11 Å². The fourth-order valence-corrected chi connectivity index (χ4v) is 3.08. The number of ether oxygens (including phenoxy) is 2. The Morgan fingerprint density at radius 2 is 2.24 bits per heavy atom. The first kappa shape index (κ1) is 16.1. The van der Waals surface area contributed by atoms with Gasteiger partial charge in [-0.3, -0.25) is 0 Å². The Hall–Kier alpha value is -1.26. The lowest BCUT2D eigenvalue weighted by atomic mass is 9.86. The predicted octanol–water partition coefficient (Wildman–Crippen LogP) is 2.06. The fraction of sp³-hybridized carbons (Fsp3) is 0.647. The van der Waals surface area contributed by atoms with Gasteiger partial charge in [-0.1, -0.05) is 0 Å². The van der Waals surface area contributed by atoms with Crippen LogP contribution < -0.4 is 10.1 Å². The standard InChI is InChI=1S/C17H27NO3/c1-17(2)11-13(7-9-21-17)6-8-18-12-14-4-5-15(19)16(10-14)20-3/h4-5,10,13,18-19H,6-9,11-12H2,1-3H3/p+1/t13-/m1/s1. The lowest BCUT2D eigenvalue weighted by molar-refractivity contribution is -0.671. The highest BCUT2D eigenvalue weighted by Gasteiger charge is 2.28. The molecule has 0 radical (unpaired) electrons. The molecule has 1 aliphatic heterocycles. The average molecular weight is 294 g/mol. The summed E-state index contributed by atoms with van der Waals surface area (Å²) < 4.78 is 10.9. The van der Waals surface area contributed by atoms with Crippen molar-refractivity contribution in [2.45, 2.75) is 45.3 Å². The van der Waals surface area contributed by atoms with Gasteiger partial charge in [-0.15, -0.1) is 0 Å². The molecule has 1 aliphatic rings. The minimum atomic E-state index is 0.0488. The molecular weight excluding hydrogens is 266 g/mol. The third-order valence-corrected chi connectivity index (χ3v) is 4.20. The van der Waals surface area contributed by atoms with Crippen LogP contribution in [-0.4, -0.2) is 31.0 Å². The van der Waals surface area contributed by atoms with Crippen molar-refractivity contribution in [3.8, 4) is 11.5 Å². The maximum atomic E-state index is 9.58. The van der Waals surface area contributed by atoms with E-state index in [0.29, 0.717) is 5.75 Å². The van der Waals surface area contributed by atoms with Crippen LogP contribution in [0.5, 0.6) is 11.5 Å². The summed E-state index contributed by atoms with van der Waals surface area (Å²) in [7, 11) is 1.58. The molecule has 4 heteroatoms. The second-order valence-corrected chi connectivity index (χ2v) is 6.54. The Morgan fingerprint density at radius 1 is 1.43 bits per heavy atom. The van der Waals surface area contributed by atoms with Gasteiger partial charge < -0.3 is 19.9 Å². The molecule has 2 rings (SSSR count). The molecule has 1 saturated heterocycles. The van der Waals surface area contributed by atoms with Crippen molar-refractivity contribution in [2.24, 2.45) is 5.92 Å². The third kappa shape index (κ3) is 4.90. The zero-order valence-corrected chi connectivity index (χ0v) is 13.4. The number of hydrogen-bond donors (Lipinski definition) is 2. The Balaban J connectivity index is 1.72. The summed E-state index contributed by atoms with van der Waals surface area (Å²) in [4.78, 5) is 0. The SMILES string of the molecule is COc1cc(C[NH2+]CC[C@@H]2CCOC(C)(C)C2)ccc1O.